The zero-order valence-electron chi connectivity index (χ0n) is 16.8. The van der Waals surface area contributed by atoms with E-state index >= 15 is 0 Å². The highest BCUT2D eigenvalue weighted by Crippen LogP contribution is 2.25. The zero-order chi connectivity index (χ0) is 20.8. The molecule has 3 rings (SSSR count). The molecule has 9 nitrogen and oxygen atoms in total. The van der Waals surface area contributed by atoms with Gasteiger partial charge >= 0.3 is 6.09 Å². The number of nitrogens with zero attached hydrogens (tertiary/aromatic N) is 4. The minimum absolute atomic E-state index is 0.211. The molecule has 1 N–H and O–H groups in total. The number of anilines is 2. The summed E-state index contributed by atoms with van der Waals surface area (Å²) in [5, 5.41) is 11.1. The summed E-state index contributed by atoms with van der Waals surface area (Å²) < 4.78 is 10.3. The Balaban J connectivity index is 1.61. The standard InChI is InChI=1S/C20H25N5O4/c1-4-29-20(27)25-11-9-24(10-12-25)18-8-6-15(22-23-18)19(26)21-16-13-14(2)5-7-17(16)28-3/h5-8,13H,4,9-12H2,1-3H3,(H,21,26). The van der Waals surface area contributed by atoms with Gasteiger partial charge in [-0.05, 0) is 43.7 Å². The van der Waals surface area contributed by atoms with E-state index in [1.807, 2.05) is 24.0 Å². The van der Waals surface area contributed by atoms with Gasteiger partial charge in [0.15, 0.2) is 11.5 Å². The highest BCUT2D eigenvalue weighted by molar-refractivity contribution is 6.03. The SMILES string of the molecule is CCOC(=O)N1CCN(c2ccc(C(=O)Nc3cc(C)ccc3OC)nn2)CC1. The van der Waals surface area contributed by atoms with E-state index in [2.05, 4.69) is 15.5 Å². The van der Waals surface area contributed by atoms with Gasteiger partial charge in [-0.3, -0.25) is 4.79 Å². The number of aryl methyl sites for hydroxylation is 1. The van der Waals surface area contributed by atoms with Crippen molar-refractivity contribution in [3.8, 4) is 5.75 Å². The lowest BCUT2D eigenvalue weighted by Gasteiger charge is -2.34. The predicted octanol–water partition coefficient (Wildman–Crippen LogP) is 2.32. The van der Waals surface area contributed by atoms with Crippen molar-refractivity contribution in [2.45, 2.75) is 13.8 Å². The van der Waals surface area contributed by atoms with Gasteiger partial charge in [-0.1, -0.05) is 6.07 Å². The van der Waals surface area contributed by atoms with Crippen LogP contribution in [0.2, 0.25) is 0 Å². The lowest BCUT2D eigenvalue weighted by Crippen LogP contribution is -2.49. The number of methoxy groups -OCH3 is 1. The molecule has 2 heterocycles. The van der Waals surface area contributed by atoms with Crippen LogP contribution in [0.1, 0.15) is 23.0 Å². The molecule has 1 aliphatic heterocycles. The number of carbonyl (C=O) groups excluding carboxylic acids is 2. The molecule has 1 aromatic heterocycles. The molecule has 1 fully saturated rings. The van der Waals surface area contributed by atoms with E-state index in [9.17, 15) is 9.59 Å². The van der Waals surface area contributed by atoms with Crippen molar-refractivity contribution in [1.29, 1.82) is 0 Å². The van der Waals surface area contributed by atoms with E-state index < -0.39 is 0 Å². The number of nitrogens with one attached hydrogen (secondary N) is 1. The molecule has 0 atom stereocenters. The molecule has 0 spiro atoms. The van der Waals surface area contributed by atoms with Crippen LogP contribution in [0.25, 0.3) is 0 Å². The number of rotatable bonds is 5. The number of hydrogen-bond donors (Lipinski definition) is 1. The fourth-order valence-corrected chi connectivity index (χ4v) is 3.05. The Kier molecular flexibility index (Phi) is 6.48. The molecule has 0 bridgehead atoms. The Morgan fingerprint density at radius 3 is 2.48 bits per heavy atom. The second-order valence-corrected chi connectivity index (χ2v) is 6.61. The van der Waals surface area contributed by atoms with Gasteiger partial charge in [0, 0.05) is 26.2 Å². The second kappa shape index (κ2) is 9.22. The van der Waals surface area contributed by atoms with Crippen LogP contribution >= 0.6 is 0 Å². The molecule has 29 heavy (non-hydrogen) atoms. The third-order valence-corrected chi connectivity index (χ3v) is 4.62. The zero-order valence-corrected chi connectivity index (χ0v) is 16.8. The quantitative estimate of drug-likeness (QED) is 0.824. The van der Waals surface area contributed by atoms with Crippen LogP contribution in [0.4, 0.5) is 16.3 Å². The van der Waals surface area contributed by atoms with Gasteiger partial charge in [0.1, 0.15) is 5.75 Å². The Morgan fingerprint density at radius 1 is 1.10 bits per heavy atom. The predicted molar refractivity (Wildman–Crippen MR) is 109 cm³/mol. The number of carbonyl (C=O) groups is 2. The number of ether oxygens (including phenoxy) is 2. The first kappa shape index (κ1) is 20.4. The number of benzene rings is 1. The van der Waals surface area contributed by atoms with Crippen molar-refractivity contribution in [1.82, 2.24) is 15.1 Å². The van der Waals surface area contributed by atoms with Gasteiger partial charge < -0.3 is 24.6 Å². The highest BCUT2D eigenvalue weighted by atomic mass is 16.6. The van der Waals surface area contributed by atoms with Gasteiger partial charge in [0.05, 0.1) is 19.4 Å². The normalized spacial score (nSPS) is 13.8. The Morgan fingerprint density at radius 2 is 1.86 bits per heavy atom. The third-order valence-electron chi connectivity index (χ3n) is 4.62. The highest BCUT2D eigenvalue weighted by Gasteiger charge is 2.23. The smallest absolute Gasteiger partial charge is 0.409 e. The van der Waals surface area contributed by atoms with Gasteiger partial charge in [0.2, 0.25) is 0 Å². The topological polar surface area (TPSA) is 96.9 Å². The van der Waals surface area contributed by atoms with Gasteiger partial charge in [0.25, 0.3) is 5.91 Å². The summed E-state index contributed by atoms with van der Waals surface area (Å²) >= 11 is 0. The maximum atomic E-state index is 12.5. The monoisotopic (exact) mass is 399 g/mol. The van der Waals surface area contributed by atoms with Crippen LogP contribution in [-0.4, -0.2) is 67.0 Å². The molecule has 0 radical (unpaired) electrons. The molecule has 0 saturated carbocycles. The minimum atomic E-state index is -0.361. The van der Waals surface area contributed by atoms with E-state index in [0.29, 0.717) is 50.0 Å². The Hall–Kier alpha value is -3.36. The summed E-state index contributed by atoms with van der Waals surface area (Å²) in [4.78, 5) is 28.0. The minimum Gasteiger partial charge on any atom is -0.495 e. The lowest BCUT2D eigenvalue weighted by atomic mass is 10.2. The van der Waals surface area contributed by atoms with Crippen molar-refractivity contribution in [3.05, 3.63) is 41.6 Å². The van der Waals surface area contributed by atoms with Crippen molar-refractivity contribution < 1.29 is 19.1 Å². The first-order valence-electron chi connectivity index (χ1n) is 9.48. The summed E-state index contributed by atoms with van der Waals surface area (Å²) in [6.07, 6.45) is -0.295. The fourth-order valence-electron chi connectivity index (χ4n) is 3.05. The Labute approximate surface area is 169 Å². The molecule has 1 aliphatic rings. The van der Waals surface area contributed by atoms with E-state index in [1.54, 1.807) is 37.1 Å². The first-order chi connectivity index (χ1) is 14.0. The molecular weight excluding hydrogens is 374 g/mol. The molecule has 1 aromatic carbocycles. The van der Waals surface area contributed by atoms with Gasteiger partial charge in [-0.15, -0.1) is 10.2 Å². The van der Waals surface area contributed by atoms with Crippen LogP contribution in [-0.2, 0) is 4.74 Å². The van der Waals surface area contributed by atoms with Crippen molar-refractivity contribution in [3.63, 3.8) is 0 Å². The van der Waals surface area contributed by atoms with E-state index in [0.717, 1.165) is 5.56 Å². The van der Waals surface area contributed by atoms with Crippen LogP contribution in [0.5, 0.6) is 5.75 Å². The molecular formula is C20H25N5O4. The summed E-state index contributed by atoms with van der Waals surface area (Å²) in [7, 11) is 1.55. The summed E-state index contributed by atoms with van der Waals surface area (Å²) in [6, 6.07) is 8.94. The van der Waals surface area contributed by atoms with Crippen LogP contribution in [0.15, 0.2) is 30.3 Å². The van der Waals surface area contributed by atoms with Crippen molar-refractivity contribution in [2.75, 3.05) is 50.1 Å². The maximum Gasteiger partial charge on any atom is 0.409 e. The summed E-state index contributed by atoms with van der Waals surface area (Å²) in [6.45, 7) is 6.44. The average molecular weight is 399 g/mol. The van der Waals surface area contributed by atoms with Crippen molar-refractivity contribution in [2.24, 2.45) is 0 Å². The number of hydrogen-bond acceptors (Lipinski definition) is 7. The third kappa shape index (κ3) is 4.92. The average Bonchev–Trinajstić information content (AvgIpc) is 2.74. The number of aromatic nitrogens is 2. The van der Waals surface area contributed by atoms with Crippen LogP contribution in [0, 0.1) is 6.92 Å². The number of piperazine rings is 1. The molecule has 0 unspecified atom stereocenters. The van der Waals surface area contributed by atoms with Gasteiger partial charge in [-0.2, -0.15) is 0 Å². The second-order valence-electron chi connectivity index (χ2n) is 6.61. The molecule has 1 saturated heterocycles. The summed E-state index contributed by atoms with van der Waals surface area (Å²) in [5.41, 5.74) is 1.80. The fraction of sp³-hybridized carbons (Fsp3) is 0.400. The lowest BCUT2D eigenvalue weighted by molar-refractivity contribution is 0.101. The maximum absolute atomic E-state index is 12.5. The number of amides is 2. The first-order valence-corrected chi connectivity index (χ1v) is 9.48. The van der Waals surface area contributed by atoms with E-state index in [4.69, 9.17) is 9.47 Å². The molecule has 0 aliphatic carbocycles. The molecule has 154 valence electrons. The van der Waals surface area contributed by atoms with E-state index in [1.165, 1.54) is 0 Å². The van der Waals surface area contributed by atoms with Crippen LogP contribution < -0.4 is 15.0 Å². The largest absolute Gasteiger partial charge is 0.495 e. The Bertz CT molecular complexity index is 864. The van der Waals surface area contributed by atoms with Crippen molar-refractivity contribution >= 4 is 23.5 Å². The molecule has 2 amide bonds. The molecule has 2 aromatic rings. The van der Waals surface area contributed by atoms with E-state index in [-0.39, 0.29) is 17.7 Å². The summed E-state index contributed by atoms with van der Waals surface area (Å²) in [5.74, 6) is 0.881. The van der Waals surface area contributed by atoms with Crippen LogP contribution in [0.3, 0.4) is 0 Å². The van der Waals surface area contributed by atoms with Gasteiger partial charge in [-0.25, -0.2) is 4.79 Å². The molecule has 9 heteroatoms.